The van der Waals surface area contributed by atoms with Gasteiger partial charge >= 0.3 is 12.1 Å². The van der Waals surface area contributed by atoms with Gasteiger partial charge in [0.1, 0.15) is 22.4 Å². The minimum absolute atomic E-state index is 0.254. The molecule has 0 radical (unpaired) electrons. The maximum Gasteiger partial charge on any atom is 0.419 e. The average Bonchev–Trinajstić information content (AvgIpc) is 3.09. The zero-order chi connectivity index (χ0) is 22.0. The number of fused-ring (bicyclic) bond motifs is 1. The summed E-state index contributed by atoms with van der Waals surface area (Å²) in [6.07, 6.45) is 1.11. The second kappa shape index (κ2) is 8.78. The van der Waals surface area contributed by atoms with Crippen molar-refractivity contribution >= 4 is 58.0 Å². The molecule has 1 N–H and O–H groups in total. The zero-order valence-corrected chi connectivity index (χ0v) is 17.9. The van der Waals surface area contributed by atoms with E-state index >= 15 is 0 Å². The van der Waals surface area contributed by atoms with Gasteiger partial charge in [-0.25, -0.2) is 9.59 Å². The number of methoxy groups -OCH3 is 1. The van der Waals surface area contributed by atoms with Crippen molar-refractivity contribution in [3.63, 3.8) is 0 Å². The highest BCUT2D eigenvalue weighted by Crippen LogP contribution is 2.35. The van der Waals surface area contributed by atoms with Gasteiger partial charge in [0, 0.05) is 0 Å². The third-order valence-electron chi connectivity index (χ3n) is 4.49. The predicted molar refractivity (Wildman–Crippen MR) is 119 cm³/mol. The van der Waals surface area contributed by atoms with Gasteiger partial charge in [0.05, 0.1) is 29.8 Å². The second-order valence-corrected chi connectivity index (χ2v) is 8.18. The van der Waals surface area contributed by atoms with Crippen molar-refractivity contribution in [1.29, 1.82) is 0 Å². The highest BCUT2D eigenvalue weighted by Gasteiger charge is 2.27. The molecule has 31 heavy (non-hydrogen) atoms. The number of carbonyl (C=O) groups is 3. The van der Waals surface area contributed by atoms with Crippen LogP contribution < -0.4 is 19.7 Å². The van der Waals surface area contributed by atoms with E-state index in [1.807, 2.05) is 0 Å². The lowest BCUT2D eigenvalue weighted by atomic mass is 10.1. The van der Waals surface area contributed by atoms with Crippen LogP contribution in [-0.2, 0) is 9.53 Å². The largest absolute Gasteiger partial charge is 0.490 e. The summed E-state index contributed by atoms with van der Waals surface area (Å²) in [7, 11) is 1.29. The number of hydrogen-bond acceptors (Lipinski definition) is 8. The lowest BCUT2D eigenvalue weighted by Crippen LogP contribution is -2.39. The minimum atomic E-state index is -0.589. The molecule has 2 aliphatic heterocycles. The fourth-order valence-corrected chi connectivity index (χ4v) is 4.06. The first-order valence-electron chi connectivity index (χ1n) is 9.14. The highest BCUT2D eigenvalue weighted by molar-refractivity contribution is 8.26. The Morgan fingerprint density at radius 1 is 1.23 bits per heavy atom. The van der Waals surface area contributed by atoms with Crippen molar-refractivity contribution in [2.75, 3.05) is 25.2 Å². The first kappa shape index (κ1) is 20.9. The number of hydrogen-bond donors (Lipinski definition) is 1. The highest BCUT2D eigenvalue weighted by atomic mass is 32.2. The van der Waals surface area contributed by atoms with Crippen LogP contribution in [0.3, 0.4) is 0 Å². The van der Waals surface area contributed by atoms with Gasteiger partial charge in [-0.05, 0) is 48.0 Å². The molecule has 2 aromatic rings. The van der Waals surface area contributed by atoms with Crippen molar-refractivity contribution in [2.45, 2.75) is 0 Å². The standard InChI is InChI=1S/C21H16N2O6S2/c1-27-19(25)13-3-5-14(6-4-13)29-21(26)23-8-9-28-16-7-2-12(10-15(16)23)11-17-18(24)22-20(30)31-17/h2-7,10-11H,8-9H2,1H3,(H,22,24,30). The molecule has 1 fully saturated rings. The number of nitrogens with zero attached hydrogens (tertiary/aromatic N) is 1. The molecular formula is C21H16N2O6S2. The molecule has 0 aromatic heterocycles. The van der Waals surface area contributed by atoms with Gasteiger partial charge in [0.15, 0.2) is 0 Å². The summed E-state index contributed by atoms with van der Waals surface area (Å²) in [5.74, 6) is 0.0917. The third-order valence-corrected chi connectivity index (χ3v) is 5.65. The summed E-state index contributed by atoms with van der Waals surface area (Å²) in [6, 6.07) is 11.3. The molecule has 4 rings (SSSR count). The van der Waals surface area contributed by atoms with Crippen LogP contribution in [0.25, 0.3) is 6.08 Å². The van der Waals surface area contributed by atoms with Crippen molar-refractivity contribution in [3.05, 3.63) is 58.5 Å². The van der Waals surface area contributed by atoms with Crippen molar-refractivity contribution < 1.29 is 28.6 Å². The molecule has 2 heterocycles. The first-order valence-corrected chi connectivity index (χ1v) is 10.4. The molecule has 2 amide bonds. The Bertz CT molecular complexity index is 1110. The molecule has 0 atom stereocenters. The summed E-state index contributed by atoms with van der Waals surface area (Å²) in [4.78, 5) is 38.2. The van der Waals surface area contributed by atoms with E-state index in [9.17, 15) is 14.4 Å². The SMILES string of the molecule is COC(=O)c1ccc(OC(=O)N2CCOc3ccc(C=C4SC(=S)NC4=O)cc32)cc1. The van der Waals surface area contributed by atoms with Crippen LogP contribution in [0.1, 0.15) is 15.9 Å². The van der Waals surface area contributed by atoms with Crippen molar-refractivity contribution in [2.24, 2.45) is 0 Å². The summed E-state index contributed by atoms with van der Waals surface area (Å²) >= 11 is 6.19. The molecule has 0 bridgehead atoms. The summed E-state index contributed by atoms with van der Waals surface area (Å²) in [5.41, 5.74) is 1.60. The molecule has 0 saturated carbocycles. The van der Waals surface area contributed by atoms with Gasteiger partial charge in [0.2, 0.25) is 0 Å². The monoisotopic (exact) mass is 456 g/mol. The molecule has 2 aliphatic rings. The van der Waals surface area contributed by atoms with E-state index in [1.165, 1.54) is 48.0 Å². The maximum absolute atomic E-state index is 12.8. The average molecular weight is 457 g/mol. The van der Waals surface area contributed by atoms with E-state index < -0.39 is 12.1 Å². The van der Waals surface area contributed by atoms with Crippen molar-refractivity contribution in [3.8, 4) is 11.5 Å². The van der Waals surface area contributed by atoms with E-state index in [-0.39, 0.29) is 11.7 Å². The van der Waals surface area contributed by atoms with Crippen LogP contribution in [0.5, 0.6) is 11.5 Å². The smallest absolute Gasteiger partial charge is 0.419 e. The van der Waals surface area contributed by atoms with Gasteiger partial charge in [-0.1, -0.05) is 30.0 Å². The Morgan fingerprint density at radius 2 is 2.00 bits per heavy atom. The van der Waals surface area contributed by atoms with Crippen LogP contribution in [0.2, 0.25) is 0 Å². The Morgan fingerprint density at radius 3 is 2.68 bits per heavy atom. The van der Waals surface area contributed by atoms with Gasteiger partial charge in [-0.3, -0.25) is 9.69 Å². The summed E-state index contributed by atoms with van der Waals surface area (Å²) in [6.45, 7) is 0.613. The number of thioether (sulfide) groups is 1. The maximum atomic E-state index is 12.8. The molecule has 158 valence electrons. The predicted octanol–water partition coefficient (Wildman–Crippen LogP) is 3.36. The minimum Gasteiger partial charge on any atom is -0.490 e. The number of amides is 2. The lowest BCUT2D eigenvalue weighted by molar-refractivity contribution is -0.115. The normalized spacial score (nSPS) is 16.4. The summed E-state index contributed by atoms with van der Waals surface area (Å²) in [5, 5.41) is 2.57. The number of ether oxygens (including phenoxy) is 3. The number of carbonyl (C=O) groups excluding carboxylic acids is 3. The molecule has 1 saturated heterocycles. The number of benzene rings is 2. The third kappa shape index (κ3) is 4.54. The molecule has 2 aromatic carbocycles. The lowest BCUT2D eigenvalue weighted by Gasteiger charge is -2.29. The van der Waals surface area contributed by atoms with Gasteiger partial charge in [0.25, 0.3) is 5.91 Å². The number of rotatable bonds is 3. The van der Waals surface area contributed by atoms with Crippen LogP contribution in [0, 0.1) is 0 Å². The van der Waals surface area contributed by atoms with E-state index in [0.717, 1.165) is 0 Å². The van der Waals surface area contributed by atoms with E-state index in [1.54, 1.807) is 24.3 Å². The number of nitrogens with one attached hydrogen (secondary N) is 1. The fraction of sp³-hybridized carbons (Fsp3) is 0.143. The Balaban J connectivity index is 1.55. The fourth-order valence-electron chi connectivity index (χ4n) is 3.02. The van der Waals surface area contributed by atoms with Gasteiger partial charge < -0.3 is 19.5 Å². The molecule has 10 heteroatoms. The topological polar surface area (TPSA) is 94.2 Å². The number of anilines is 1. The van der Waals surface area contributed by atoms with Crippen LogP contribution in [0.15, 0.2) is 47.4 Å². The van der Waals surface area contributed by atoms with E-state index in [4.69, 9.17) is 21.7 Å². The summed E-state index contributed by atoms with van der Waals surface area (Å²) < 4.78 is 16.2. The van der Waals surface area contributed by atoms with E-state index in [2.05, 4.69) is 10.1 Å². The van der Waals surface area contributed by atoms with Crippen LogP contribution >= 0.6 is 24.0 Å². The van der Waals surface area contributed by atoms with E-state index in [0.29, 0.717) is 44.9 Å². The Labute approximate surface area is 187 Å². The second-order valence-electron chi connectivity index (χ2n) is 6.46. The quantitative estimate of drug-likeness (QED) is 0.427. The van der Waals surface area contributed by atoms with Gasteiger partial charge in [-0.15, -0.1) is 0 Å². The molecule has 0 spiro atoms. The van der Waals surface area contributed by atoms with Crippen LogP contribution in [0.4, 0.5) is 10.5 Å². The van der Waals surface area contributed by atoms with Gasteiger partial charge in [-0.2, -0.15) is 0 Å². The number of thiocarbonyl (C=S) groups is 1. The number of esters is 1. The first-order chi connectivity index (χ1) is 14.9. The van der Waals surface area contributed by atoms with Crippen molar-refractivity contribution in [1.82, 2.24) is 5.32 Å². The zero-order valence-electron chi connectivity index (χ0n) is 16.2. The molecule has 0 unspecified atom stereocenters. The Hall–Kier alpha value is -3.37. The van der Waals surface area contributed by atoms with Crippen LogP contribution in [-0.4, -0.2) is 42.6 Å². The molecule has 0 aliphatic carbocycles. The molecular weight excluding hydrogens is 440 g/mol. The molecule has 8 nitrogen and oxygen atoms in total. The Kier molecular flexibility index (Phi) is 5.92.